The van der Waals surface area contributed by atoms with Gasteiger partial charge in [-0.05, 0) is 31.0 Å². The SMILES string of the molecule is CCCCSN1CCC(n2c(CO)nc3cnc4c(ccn4S(=O)(=O)c4ccccc4)c32)C1. The molecule has 1 saturated heterocycles. The Bertz CT molecular complexity index is 1380. The molecule has 174 valence electrons. The molecule has 0 aliphatic carbocycles. The van der Waals surface area contributed by atoms with Gasteiger partial charge in [-0.1, -0.05) is 43.5 Å². The highest BCUT2D eigenvalue weighted by atomic mass is 32.2. The highest BCUT2D eigenvalue weighted by Gasteiger charge is 2.29. The average molecular weight is 486 g/mol. The van der Waals surface area contributed by atoms with E-state index in [0.717, 1.165) is 36.2 Å². The molecule has 1 N–H and O–H groups in total. The van der Waals surface area contributed by atoms with Gasteiger partial charge in [-0.15, -0.1) is 0 Å². The number of unbranched alkanes of at least 4 members (excludes halogenated alkanes) is 1. The standard InChI is InChI=1S/C23H27N5O3S2/c1-2-3-13-32-26-11-9-17(15-26)28-21(16-29)25-20-14-24-23-19(22(20)28)10-12-27(23)33(30,31)18-7-5-4-6-8-18/h4-8,10,12,14,17,29H,2-3,9,11,13,15-16H2,1H3. The fourth-order valence-corrected chi connectivity index (χ4v) is 6.99. The van der Waals surface area contributed by atoms with Crippen molar-refractivity contribution in [2.75, 3.05) is 18.8 Å². The third kappa shape index (κ3) is 3.95. The minimum atomic E-state index is -3.78. The van der Waals surface area contributed by atoms with Gasteiger partial charge >= 0.3 is 0 Å². The Kier molecular flexibility index (Phi) is 6.17. The first-order chi connectivity index (χ1) is 16.0. The Morgan fingerprint density at radius 2 is 2.03 bits per heavy atom. The summed E-state index contributed by atoms with van der Waals surface area (Å²) in [6.07, 6.45) is 6.48. The predicted molar refractivity (Wildman–Crippen MR) is 131 cm³/mol. The minimum absolute atomic E-state index is 0.158. The molecule has 1 aromatic carbocycles. The molecule has 0 spiro atoms. The molecular formula is C23H27N5O3S2. The smallest absolute Gasteiger partial charge is 0.269 e. The molecule has 0 amide bonds. The molecule has 1 aliphatic rings. The summed E-state index contributed by atoms with van der Waals surface area (Å²) in [6, 6.07) is 10.3. The third-order valence-electron chi connectivity index (χ3n) is 6.11. The second-order valence-corrected chi connectivity index (χ2v) is 11.2. The first-order valence-corrected chi connectivity index (χ1v) is 13.6. The van der Waals surface area contributed by atoms with Gasteiger partial charge in [-0.2, -0.15) is 0 Å². The Balaban J connectivity index is 1.59. The van der Waals surface area contributed by atoms with Gasteiger partial charge in [0.05, 0.1) is 22.7 Å². The quantitative estimate of drug-likeness (QED) is 0.300. The average Bonchev–Trinajstić information content (AvgIpc) is 3.55. The molecule has 8 nitrogen and oxygen atoms in total. The Morgan fingerprint density at radius 3 is 2.79 bits per heavy atom. The number of rotatable bonds is 8. The van der Waals surface area contributed by atoms with Gasteiger partial charge in [0.1, 0.15) is 17.9 Å². The van der Waals surface area contributed by atoms with E-state index in [4.69, 9.17) is 0 Å². The van der Waals surface area contributed by atoms with Gasteiger partial charge in [0.15, 0.2) is 5.65 Å². The van der Waals surface area contributed by atoms with Crippen LogP contribution in [0.4, 0.5) is 0 Å². The topological polar surface area (TPSA) is 93.2 Å². The maximum atomic E-state index is 13.3. The largest absolute Gasteiger partial charge is 0.388 e. The van der Waals surface area contributed by atoms with Crippen LogP contribution in [0, 0.1) is 0 Å². The Hall–Kier alpha value is -2.40. The van der Waals surface area contributed by atoms with Crippen LogP contribution in [0.15, 0.2) is 53.7 Å². The minimum Gasteiger partial charge on any atom is -0.388 e. The number of aromatic nitrogens is 4. The summed E-state index contributed by atoms with van der Waals surface area (Å²) in [6.45, 7) is 3.85. The molecule has 4 heterocycles. The zero-order valence-corrected chi connectivity index (χ0v) is 20.1. The van der Waals surface area contributed by atoms with E-state index in [2.05, 4.69) is 25.8 Å². The van der Waals surface area contributed by atoms with E-state index in [0.29, 0.717) is 17.0 Å². The van der Waals surface area contributed by atoms with Crippen molar-refractivity contribution < 1.29 is 13.5 Å². The number of benzene rings is 1. The zero-order valence-electron chi connectivity index (χ0n) is 18.5. The Labute approximate surface area is 197 Å². The van der Waals surface area contributed by atoms with Crippen molar-refractivity contribution in [1.82, 2.24) is 22.8 Å². The van der Waals surface area contributed by atoms with Crippen molar-refractivity contribution in [3.05, 3.63) is 54.6 Å². The number of nitrogens with zero attached hydrogens (tertiary/aromatic N) is 5. The molecule has 5 rings (SSSR count). The van der Waals surface area contributed by atoms with Crippen molar-refractivity contribution in [3.63, 3.8) is 0 Å². The van der Waals surface area contributed by atoms with E-state index >= 15 is 0 Å². The highest BCUT2D eigenvalue weighted by Crippen LogP contribution is 2.35. The number of hydrogen-bond acceptors (Lipinski definition) is 7. The summed E-state index contributed by atoms with van der Waals surface area (Å²) in [5, 5.41) is 10.8. The van der Waals surface area contributed by atoms with E-state index in [-0.39, 0.29) is 17.5 Å². The summed E-state index contributed by atoms with van der Waals surface area (Å²) in [5.41, 5.74) is 1.86. The Morgan fingerprint density at radius 1 is 1.21 bits per heavy atom. The summed E-state index contributed by atoms with van der Waals surface area (Å²) in [5.74, 6) is 1.69. The second-order valence-electron chi connectivity index (χ2n) is 8.23. The number of aliphatic hydroxyl groups is 1. The van der Waals surface area contributed by atoms with Crippen LogP contribution >= 0.6 is 11.9 Å². The summed E-state index contributed by atoms with van der Waals surface area (Å²) in [4.78, 5) is 9.29. The van der Waals surface area contributed by atoms with Gasteiger partial charge < -0.3 is 9.67 Å². The molecule has 0 saturated carbocycles. The van der Waals surface area contributed by atoms with Crippen molar-refractivity contribution in [1.29, 1.82) is 0 Å². The van der Waals surface area contributed by atoms with Gasteiger partial charge in [-0.25, -0.2) is 26.7 Å². The summed E-state index contributed by atoms with van der Waals surface area (Å²) < 4.78 is 32.2. The van der Waals surface area contributed by atoms with Gasteiger partial charge in [0.25, 0.3) is 10.0 Å². The lowest BCUT2D eigenvalue weighted by atomic mass is 10.2. The molecule has 1 fully saturated rings. The first kappa shape index (κ1) is 22.4. The van der Waals surface area contributed by atoms with Crippen LogP contribution in [0.3, 0.4) is 0 Å². The van der Waals surface area contributed by atoms with E-state index in [9.17, 15) is 13.5 Å². The van der Waals surface area contributed by atoms with Crippen LogP contribution in [0.2, 0.25) is 0 Å². The fourth-order valence-electron chi connectivity index (χ4n) is 4.48. The van der Waals surface area contributed by atoms with E-state index in [1.807, 2.05) is 11.9 Å². The first-order valence-electron chi connectivity index (χ1n) is 11.2. The van der Waals surface area contributed by atoms with Gasteiger partial charge in [0, 0.05) is 30.4 Å². The molecule has 1 atom stereocenters. The molecule has 1 unspecified atom stereocenters. The zero-order chi connectivity index (χ0) is 23.0. The van der Waals surface area contributed by atoms with E-state index < -0.39 is 10.0 Å². The number of fused-ring (bicyclic) bond motifs is 3. The summed E-state index contributed by atoms with van der Waals surface area (Å²) in [7, 11) is -3.78. The maximum absolute atomic E-state index is 13.3. The monoisotopic (exact) mass is 485 g/mol. The number of aliphatic hydroxyl groups excluding tert-OH is 1. The molecule has 4 aromatic rings. The van der Waals surface area contributed by atoms with Gasteiger partial charge in [0.2, 0.25) is 0 Å². The van der Waals surface area contributed by atoms with Crippen molar-refractivity contribution in [3.8, 4) is 0 Å². The molecule has 10 heteroatoms. The highest BCUT2D eigenvalue weighted by molar-refractivity contribution is 7.97. The maximum Gasteiger partial charge on any atom is 0.269 e. The lowest BCUT2D eigenvalue weighted by Crippen LogP contribution is -2.17. The fraction of sp³-hybridized carbons (Fsp3) is 0.391. The van der Waals surface area contributed by atoms with Crippen LogP contribution in [0.1, 0.15) is 38.1 Å². The van der Waals surface area contributed by atoms with E-state index in [1.54, 1.807) is 48.8 Å². The molecule has 3 aromatic heterocycles. The molecule has 1 aliphatic heterocycles. The van der Waals surface area contributed by atoms with E-state index in [1.165, 1.54) is 16.8 Å². The number of imidazole rings is 1. The van der Waals surface area contributed by atoms with Crippen LogP contribution in [-0.2, 0) is 16.6 Å². The molecule has 33 heavy (non-hydrogen) atoms. The predicted octanol–water partition coefficient (Wildman–Crippen LogP) is 3.81. The van der Waals surface area contributed by atoms with Crippen LogP contribution < -0.4 is 0 Å². The van der Waals surface area contributed by atoms with Crippen LogP contribution in [0.25, 0.3) is 22.1 Å². The third-order valence-corrected chi connectivity index (χ3v) is 8.95. The van der Waals surface area contributed by atoms with Gasteiger partial charge in [-0.3, -0.25) is 0 Å². The number of pyridine rings is 1. The van der Waals surface area contributed by atoms with Crippen LogP contribution in [-0.4, -0.2) is 55.2 Å². The molecular weight excluding hydrogens is 458 g/mol. The van der Waals surface area contributed by atoms with Crippen LogP contribution in [0.5, 0.6) is 0 Å². The lowest BCUT2D eigenvalue weighted by molar-refractivity contribution is 0.262. The van der Waals surface area contributed by atoms with Crippen molar-refractivity contribution in [2.45, 2.75) is 43.7 Å². The molecule has 0 bridgehead atoms. The normalized spacial score (nSPS) is 17.5. The van der Waals surface area contributed by atoms with Crippen molar-refractivity contribution in [2.24, 2.45) is 0 Å². The number of hydrogen-bond donors (Lipinski definition) is 1. The second kappa shape index (κ2) is 9.09. The lowest BCUT2D eigenvalue weighted by Gasteiger charge is -2.18. The molecule has 0 radical (unpaired) electrons. The van der Waals surface area contributed by atoms with Crippen molar-refractivity contribution >= 4 is 44.0 Å². The summed E-state index contributed by atoms with van der Waals surface area (Å²) >= 11 is 1.88.